The molecule has 2 heterocycles. The number of ether oxygens (including phenoxy) is 4. The van der Waals surface area contributed by atoms with Crippen LogP contribution in [-0.4, -0.2) is 42.6 Å². The van der Waals surface area contributed by atoms with Gasteiger partial charge in [0.05, 0.1) is 42.7 Å². The highest BCUT2D eigenvalue weighted by Gasteiger charge is 2.48. The average molecular weight is 651 g/mol. The summed E-state index contributed by atoms with van der Waals surface area (Å²) in [4.78, 5) is 33.7. The Kier molecular flexibility index (Phi) is 9.40. The molecule has 4 aromatic carbocycles. The van der Waals surface area contributed by atoms with Crippen LogP contribution in [-0.2, 0) is 16.2 Å². The minimum atomic E-state index is -1.01. The molecule has 1 unspecified atom stereocenters. The van der Waals surface area contributed by atoms with E-state index in [1.54, 1.807) is 61.7 Å². The third-order valence-electron chi connectivity index (χ3n) is 7.85. The summed E-state index contributed by atoms with van der Waals surface area (Å²) in [7, 11) is 3.10. The van der Waals surface area contributed by atoms with Crippen LogP contribution in [0.15, 0.2) is 96.6 Å². The number of amides is 1. The fraction of sp³-hybridized carbons (Fsp3) is 0.216. The maximum Gasteiger partial charge on any atom is 0.301 e. The molecule has 0 radical (unpaired) electrons. The number of hydrogen-bond acceptors (Lipinski definition) is 9. The van der Waals surface area contributed by atoms with Crippen molar-refractivity contribution in [2.75, 3.05) is 25.7 Å². The molecular weight excluding hydrogens is 616 g/mol. The summed E-state index contributed by atoms with van der Waals surface area (Å²) in [6.45, 7) is 2.91. The van der Waals surface area contributed by atoms with Gasteiger partial charge in [0.15, 0.2) is 16.6 Å². The molecule has 0 spiro atoms. The predicted molar refractivity (Wildman–Crippen MR) is 182 cm³/mol. The minimum absolute atomic E-state index is 0.0717. The molecule has 240 valence electrons. The number of benzene rings is 4. The first kappa shape index (κ1) is 31.6. The molecule has 6 rings (SSSR count). The number of rotatable bonds is 12. The number of aromatic nitrogens is 1. The number of carbonyl (C=O) groups excluding carboxylic acids is 2. The van der Waals surface area contributed by atoms with Crippen molar-refractivity contribution in [2.24, 2.45) is 0 Å². The lowest BCUT2D eigenvalue weighted by Crippen LogP contribution is -2.29. The van der Waals surface area contributed by atoms with Crippen LogP contribution in [0.5, 0.6) is 23.0 Å². The van der Waals surface area contributed by atoms with Crippen molar-refractivity contribution in [3.05, 3.63) is 113 Å². The van der Waals surface area contributed by atoms with Crippen LogP contribution in [0.25, 0.3) is 16.0 Å². The number of thiazole rings is 1. The summed E-state index contributed by atoms with van der Waals surface area (Å²) in [6, 6.07) is 26.2. The smallest absolute Gasteiger partial charge is 0.301 e. The monoisotopic (exact) mass is 650 g/mol. The largest absolute Gasteiger partial charge is 0.507 e. The van der Waals surface area contributed by atoms with E-state index in [-0.39, 0.29) is 11.3 Å². The van der Waals surface area contributed by atoms with Crippen molar-refractivity contribution in [3.8, 4) is 23.0 Å². The highest BCUT2D eigenvalue weighted by molar-refractivity contribution is 7.22. The Morgan fingerprint density at radius 3 is 2.47 bits per heavy atom. The molecule has 0 saturated carbocycles. The SMILES string of the molecule is CCCCOc1cccc(/C(O)=C2\C(=O)C(=O)N(c3nc4ccc(OC)cc4s3)C2c2ccc(OCc3ccccc3)c(OC)c2)c1. The molecule has 0 bridgehead atoms. The summed E-state index contributed by atoms with van der Waals surface area (Å²) in [5.74, 6) is 0.137. The Hall–Kier alpha value is -5.35. The van der Waals surface area contributed by atoms with E-state index in [0.717, 1.165) is 23.1 Å². The van der Waals surface area contributed by atoms with E-state index in [0.29, 0.717) is 58.0 Å². The molecule has 10 heteroatoms. The molecule has 1 fully saturated rings. The van der Waals surface area contributed by atoms with E-state index in [1.165, 1.54) is 23.3 Å². The van der Waals surface area contributed by atoms with Gasteiger partial charge in [0.1, 0.15) is 23.9 Å². The van der Waals surface area contributed by atoms with Crippen LogP contribution in [0, 0.1) is 0 Å². The average Bonchev–Trinajstić information content (AvgIpc) is 3.64. The fourth-order valence-electron chi connectivity index (χ4n) is 5.40. The van der Waals surface area contributed by atoms with Gasteiger partial charge in [-0.05, 0) is 60.0 Å². The highest BCUT2D eigenvalue weighted by Crippen LogP contribution is 2.46. The number of nitrogens with zero attached hydrogens (tertiary/aromatic N) is 2. The molecule has 1 saturated heterocycles. The molecule has 1 aromatic heterocycles. The van der Waals surface area contributed by atoms with E-state index < -0.39 is 17.7 Å². The second-order valence-corrected chi connectivity index (χ2v) is 11.9. The molecular formula is C37H34N2O7S. The van der Waals surface area contributed by atoms with Gasteiger partial charge < -0.3 is 24.1 Å². The van der Waals surface area contributed by atoms with Gasteiger partial charge in [-0.2, -0.15) is 0 Å². The van der Waals surface area contributed by atoms with Gasteiger partial charge in [0.2, 0.25) is 0 Å². The second-order valence-electron chi connectivity index (χ2n) is 10.9. The number of Topliss-reactive ketones (excluding diaryl/α,β-unsaturated/α-hetero) is 1. The second kappa shape index (κ2) is 14.0. The van der Waals surface area contributed by atoms with Gasteiger partial charge in [0, 0.05) is 5.56 Å². The first-order chi connectivity index (χ1) is 22.9. The van der Waals surface area contributed by atoms with Crippen molar-refractivity contribution < 1.29 is 33.6 Å². The standard InChI is InChI=1S/C37H34N2O7S/c1-4-5-18-45-27-13-9-12-25(19-27)34(40)32-33(24-14-17-29(30(20-24)44-3)46-22-23-10-7-6-8-11-23)39(36(42)35(32)41)37-38-28-16-15-26(43-2)21-31(28)47-37/h6-17,19-21,33,40H,4-5,18,22H2,1-3H3/b34-32+. The van der Waals surface area contributed by atoms with Crippen LogP contribution < -0.4 is 23.8 Å². The number of fused-ring (bicyclic) bond motifs is 1. The zero-order valence-electron chi connectivity index (χ0n) is 26.3. The number of aliphatic hydroxyl groups is 1. The number of carbonyl (C=O) groups is 2. The zero-order valence-corrected chi connectivity index (χ0v) is 27.1. The zero-order chi connectivity index (χ0) is 32.9. The van der Waals surface area contributed by atoms with Gasteiger partial charge in [-0.25, -0.2) is 4.98 Å². The van der Waals surface area contributed by atoms with Gasteiger partial charge in [-0.3, -0.25) is 14.5 Å². The summed E-state index contributed by atoms with van der Waals surface area (Å²) in [6.07, 6.45) is 1.85. The summed E-state index contributed by atoms with van der Waals surface area (Å²) in [5.41, 5.74) is 2.44. The van der Waals surface area contributed by atoms with Gasteiger partial charge in [0.25, 0.3) is 5.78 Å². The molecule has 9 nitrogen and oxygen atoms in total. The number of unbranched alkanes of at least 4 members (excludes halogenated alkanes) is 1. The van der Waals surface area contributed by atoms with Crippen molar-refractivity contribution >= 4 is 44.1 Å². The van der Waals surface area contributed by atoms with Crippen LogP contribution in [0.3, 0.4) is 0 Å². The Bertz CT molecular complexity index is 1950. The molecule has 47 heavy (non-hydrogen) atoms. The highest BCUT2D eigenvalue weighted by atomic mass is 32.1. The van der Waals surface area contributed by atoms with Gasteiger partial charge in [-0.15, -0.1) is 0 Å². The van der Waals surface area contributed by atoms with Crippen LogP contribution in [0.2, 0.25) is 0 Å². The molecule has 1 atom stereocenters. The number of anilines is 1. The first-order valence-corrected chi connectivity index (χ1v) is 16.1. The van der Waals surface area contributed by atoms with Gasteiger partial charge in [-0.1, -0.05) is 73.2 Å². The van der Waals surface area contributed by atoms with E-state index in [9.17, 15) is 14.7 Å². The van der Waals surface area contributed by atoms with E-state index >= 15 is 0 Å². The predicted octanol–water partition coefficient (Wildman–Crippen LogP) is 7.70. The Balaban J connectivity index is 1.45. The van der Waals surface area contributed by atoms with Crippen molar-refractivity contribution in [3.63, 3.8) is 0 Å². The van der Waals surface area contributed by atoms with Crippen LogP contribution >= 0.6 is 11.3 Å². The summed E-state index contributed by atoms with van der Waals surface area (Å²) < 4.78 is 23.8. The molecule has 1 amide bonds. The maximum atomic E-state index is 13.9. The summed E-state index contributed by atoms with van der Waals surface area (Å²) >= 11 is 1.25. The fourth-order valence-corrected chi connectivity index (χ4v) is 6.42. The lowest BCUT2D eigenvalue weighted by Gasteiger charge is -2.24. The normalized spacial score (nSPS) is 15.6. The van der Waals surface area contributed by atoms with Crippen LogP contribution in [0.1, 0.15) is 42.5 Å². The number of hydrogen-bond donors (Lipinski definition) is 1. The quantitative estimate of drug-likeness (QED) is 0.0634. The van der Waals surface area contributed by atoms with Crippen molar-refractivity contribution in [1.29, 1.82) is 0 Å². The van der Waals surface area contributed by atoms with Crippen molar-refractivity contribution in [1.82, 2.24) is 4.98 Å². The van der Waals surface area contributed by atoms with Crippen LogP contribution in [0.4, 0.5) is 5.13 Å². The Labute approximate surface area is 276 Å². The molecule has 1 aliphatic heterocycles. The first-order valence-electron chi connectivity index (χ1n) is 15.2. The minimum Gasteiger partial charge on any atom is -0.507 e. The number of ketones is 1. The molecule has 1 N–H and O–H groups in total. The van der Waals surface area contributed by atoms with E-state index in [1.807, 2.05) is 36.4 Å². The lowest BCUT2D eigenvalue weighted by molar-refractivity contribution is -0.132. The van der Waals surface area contributed by atoms with Gasteiger partial charge >= 0.3 is 5.91 Å². The maximum absolute atomic E-state index is 13.9. The number of aliphatic hydroxyl groups excluding tert-OH is 1. The Morgan fingerprint density at radius 2 is 1.70 bits per heavy atom. The Morgan fingerprint density at radius 1 is 0.872 bits per heavy atom. The molecule has 1 aliphatic rings. The van der Waals surface area contributed by atoms with E-state index in [2.05, 4.69) is 6.92 Å². The number of methoxy groups -OCH3 is 2. The molecule has 5 aromatic rings. The lowest BCUT2D eigenvalue weighted by atomic mass is 9.95. The molecule has 0 aliphatic carbocycles. The third kappa shape index (κ3) is 6.50. The summed E-state index contributed by atoms with van der Waals surface area (Å²) in [5, 5.41) is 12.0. The topological polar surface area (TPSA) is 107 Å². The third-order valence-corrected chi connectivity index (χ3v) is 8.87. The van der Waals surface area contributed by atoms with Crippen molar-refractivity contribution in [2.45, 2.75) is 32.4 Å². The van der Waals surface area contributed by atoms with E-state index in [4.69, 9.17) is 23.9 Å².